The van der Waals surface area contributed by atoms with Gasteiger partial charge in [-0.1, -0.05) is 41.4 Å². The Morgan fingerprint density at radius 1 is 1.00 bits per heavy atom. The second kappa shape index (κ2) is 3.52. The fraction of sp³-hybridized carbons (Fsp3) is 0.0909. The maximum absolute atomic E-state index is 5.86. The zero-order chi connectivity index (χ0) is 9.26. The number of hydrogen-bond donors (Lipinski definition) is 0. The highest BCUT2D eigenvalue weighted by Gasteiger charge is 1.99. The van der Waals surface area contributed by atoms with Gasteiger partial charge in [0, 0.05) is 4.88 Å². The van der Waals surface area contributed by atoms with Crippen molar-refractivity contribution in [3.05, 3.63) is 46.3 Å². The zero-order valence-electron chi connectivity index (χ0n) is 7.25. The molecule has 0 N–H and O–H groups in total. The Hall–Kier alpha value is -0.790. The standard InChI is InChI=1S/C11H9ClS/c1-8-2-4-9(5-3-8)10-6-7-11(12)13-10/h2-7H,1H3. The lowest BCUT2D eigenvalue weighted by Gasteiger charge is -1.96. The summed E-state index contributed by atoms with van der Waals surface area (Å²) >= 11 is 7.47. The second-order valence-corrected chi connectivity index (χ2v) is 4.68. The van der Waals surface area contributed by atoms with Crippen molar-refractivity contribution in [3.63, 3.8) is 0 Å². The molecule has 0 nitrogen and oxygen atoms in total. The minimum atomic E-state index is 0.843. The SMILES string of the molecule is Cc1ccc(-c2ccc(Cl)s2)cc1. The predicted molar refractivity (Wildman–Crippen MR) is 59.5 cm³/mol. The summed E-state index contributed by atoms with van der Waals surface area (Å²) < 4.78 is 0.843. The molecule has 0 unspecified atom stereocenters. The molecule has 2 heteroatoms. The molecule has 0 amide bonds. The van der Waals surface area contributed by atoms with Gasteiger partial charge in [0.05, 0.1) is 4.34 Å². The summed E-state index contributed by atoms with van der Waals surface area (Å²) in [5, 5.41) is 0. The van der Waals surface area contributed by atoms with Gasteiger partial charge >= 0.3 is 0 Å². The molecule has 66 valence electrons. The Bertz CT molecular complexity index is 400. The average Bonchev–Trinajstić information content (AvgIpc) is 2.53. The second-order valence-electron chi connectivity index (χ2n) is 2.97. The van der Waals surface area contributed by atoms with Crippen LogP contribution in [-0.4, -0.2) is 0 Å². The Balaban J connectivity index is 2.41. The molecule has 0 atom stereocenters. The molecule has 0 aliphatic carbocycles. The van der Waals surface area contributed by atoms with E-state index in [0.717, 1.165) is 4.34 Å². The van der Waals surface area contributed by atoms with Crippen molar-refractivity contribution < 1.29 is 0 Å². The van der Waals surface area contributed by atoms with Gasteiger partial charge in [0.15, 0.2) is 0 Å². The molecule has 0 spiro atoms. The third-order valence-corrected chi connectivity index (χ3v) is 3.19. The van der Waals surface area contributed by atoms with E-state index in [0.29, 0.717) is 0 Å². The minimum Gasteiger partial charge on any atom is -0.123 e. The van der Waals surface area contributed by atoms with Gasteiger partial charge in [0.1, 0.15) is 0 Å². The third kappa shape index (κ3) is 1.93. The number of rotatable bonds is 1. The van der Waals surface area contributed by atoms with Crippen molar-refractivity contribution in [2.45, 2.75) is 6.92 Å². The molecule has 0 saturated carbocycles. The number of hydrogen-bond acceptors (Lipinski definition) is 1. The number of halogens is 1. The maximum Gasteiger partial charge on any atom is 0.0934 e. The summed E-state index contributed by atoms with van der Waals surface area (Å²) in [7, 11) is 0. The minimum absolute atomic E-state index is 0.843. The van der Waals surface area contributed by atoms with Gasteiger partial charge in [-0.2, -0.15) is 0 Å². The van der Waals surface area contributed by atoms with Gasteiger partial charge in [-0.25, -0.2) is 0 Å². The van der Waals surface area contributed by atoms with Crippen molar-refractivity contribution in [1.82, 2.24) is 0 Å². The molecule has 0 bridgehead atoms. The van der Waals surface area contributed by atoms with E-state index in [2.05, 4.69) is 37.3 Å². The van der Waals surface area contributed by atoms with E-state index in [-0.39, 0.29) is 0 Å². The normalized spacial score (nSPS) is 10.3. The fourth-order valence-electron chi connectivity index (χ4n) is 1.19. The molecule has 2 aromatic rings. The van der Waals surface area contributed by atoms with E-state index in [9.17, 15) is 0 Å². The molecular weight excluding hydrogens is 200 g/mol. The van der Waals surface area contributed by atoms with Crippen LogP contribution in [0.25, 0.3) is 10.4 Å². The molecule has 0 radical (unpaired) electrons. The third-order valence-electron chi connectivity index (χ3n) is 1.91. The van der Waals surface area contributed by atoms with Gasteiger partial charge in [-0.05, 0) is 24.6 Å². The lowest BCUT2D eigenvalue weighted by Crippen LogP contribution is -1.72. The first-order chi connectivity index (χ1) is 6.25. The van der Waals surface area contributed by atoms with E-state index in [1.165, 1.54) is 16.0 Å². The lowest BCUT2D eigenvalue weighted by atomic mass is 10.1. The van der Waals surface area contributed by atoms with Crippen LogP contribution in [0.3, 0.4) is 0 Å². The monoisotopic (exact) mass is 208 g/mol. The van der Waals surface area contributed by atoms with Gasteiger partial charge < -0.3 is 0 Å². The Morgan fingerprint density at radius 3 is 2.23 bits per heavy atom. The number of thiophene rings is 1. The highest BCUT2D eigenvalue weighted by molar-refractivity contribution is 7.19. The highest BCUT2D eigenvalue weighted by atomic mass is 35.5. The Kier molecular flexibility index (Phi) is 2.38. The molecule has 0 aliphatic heterocycles. The van der Waals surface area contributed by atoms with Gasteiger partial charge in [0.25, 0.3) is 0 Å². The van der Waals surface area contributed by atoms with Crippen LogP contribution in [0.15, 0.2) is 36.4 Å². The Labute approximate surface area is 86.8 Å². The molecule has 1 heterocycles. The number of benzene rings is 1. The van der Waals surface area contributed by atoms with Crippen LogP contribution in [0.1, 0.15) is 5.56 Å². The van der Waals surface area contributed by atoms with Crippen molar-refractivity contribution in [1.29, 1.82) is 0 Å². The quantitative estimate of drug-likeness (QED) is 0.653. The van der Waals surface area contributed by atoms with E-state index < -0.39 is 0 Å². The van der Waals surface area contributed by atoms with Crippen LogP contribution in [0, 0.1) is 6.92 Å². The summed E-state index contributed by atoms with van der Waals surface area (Å²) in [6, 6.07) is 12.5. The van der Waals surface area contributed by atoms with Crippen LogP contribution in [0.5, 0.6) is 0 Å². The zero-order valence-corrected chi connectivity index (χ0v) is 8.82. The van der Waals surface area contributed by atoms with Gasteiger partial charge in [0.2, 0.25) is 0 Å². The molecule has 13 heavy (non-hydrogen) atoms. The smallest absolute Gasteiger partial charge is 0.0934 e. The first-order valence-corrected chi connectivity index (χ1v) is 5.27. The average molecular weight is 209 g/mol. The topological polar surface area (TPSA) is 0 Å². The van der Waals surface area contributed by atoms with E-state index in [1.54, 1.807) is 11.3 Å². The van der Waals surface area contributed by atoms with Gasteiger partial charge in [-0.3, -0.25) is 0 Å². The lowest BCUT2D eigenvalue weighted by molar-refractivity contribution is 1.48. The number of aryl methyl sites for hydroxylation is 1. The Morgan fingerprint density at radius 2 is 1.69 bits per heavy atom. The van der Waals surface area contributed by atoms with Crippen LogP contribution >= 0.6 is 22.9 Å². The molecular formula is C11H9ClS. The predicted octanol–water partition coefficient (Wildman–Crippen LogP) is 4.38. The van der Waals surface area contributed by atoms with E-state index in [4.69, 9.17) is 11.6 Å². The van der Waals surface area contributed by atoms with Crippen LogP contribution in [0.4, 0.5) is 0 Å². The summed E-state index contributed by atoms with van der Waals surface area (Å²) in [5.74, 6) is 0. The van der Waals surface area contributed by atoms with Crippen molar-refractivity contribution >= 4 is 22.9 Å². The molecule has 0 saturated heterocycles. The highest BCUT2D eigenvalue weighted by Crippen LogP contribution is 2.30. The van der Waals surface area contributed by atoms with E-state index >= 15 is 0 Å². The molecule has 1 aromatic heterocycles. The summed E-state index contributed by atoms with van der Waals surface area (Å²) in [4.78, 5) is 1.23. The van der Waals surface area contributed by atoms with Crippen LogP contribution in [-0.2, 0) is 0 Å². The van der Waals surface area contributed by atoms with Crippen LogP contribution < -0.4 is 0 Å². The fourth-order valence-corrected chi connectivity index (χ4v) is 2.24. The van der Waals surface area contributed by atoms with Crippen LogP contribution in [0.2, 0.25) is 4.34 Å². The van der Waals surface area contributed by atoms with Crippen molar-refractivity contribution in [2.24, 2.45) is 0 Å². The summed E-state index contributed by atoms with van der Waals surface area (Å²) in [6.07, 6.45) is 0. The molecule has 0 fully saturated rings. The van der Waals surface area contributed by atoms with E-state index in [1.807, 2.05) is 6.07 Å². The molecule has 0 aliphatic rings. The largest absolute Gasteiger partial charge is 0.123 e. The van der Waals surface area contributed by atoms with Crippen molar-refractivity contribution in [3.8, 4) is 10.4 Å². The summed E-state index contributed by atoms with van der Waals surface area (Å²) in [5.41, 5.74) is 2.52. The molecule has 1 aromatic carbocycles. The van der Waals surface area contributed by atoms with Crippen molar-refractivity contribution in [2.75, 3.05) is 0 Å². The maximum atomic E-state index is 5.86. The first kappa shape index (κ1) is 8.79. The first-order valence-electron chi connectivity index (χ1n) is 4.08. The summed E-state index contributed by atoms with van der Waals surface area (Å²) in [6.45, 7) is 2.09. The molecule has 2 rings (SSSR count). The van der Waals surface area contributed by atoms with Gasteiger partial charge in [-0.15, -0.1) is 11.3 Å².